The second-order valence-corrected chi connectivity index (χ2v) is 3.49. The van der Waals surface area contributed by atoms with E-state index in [4.69, 9.17) is 15.9 Å². The third-order valence-electron chi connectivity index (χ3n) is 2.18. The lowest BCUT2D eigenvalue weighted by Gasteiger charge is -2.06. The fourth-order valence-corrected chi connectivity index (χ4v) is 1.27. The summed E-state index contributed by atoms with van der Waals surface area (Å²) in [5, 5.41) is 7.24. The Morgan fingerprint density at radius 1 is 1.25 bits per heavy atom. The van der Waals surface area contributed by atoms with Crippen molar-refractivity contribution in [1.29, 1.82) is 5.41 Å². The molecule has 0 amide bonds. The monoisotopic (exact) mass is 242 g/mol. The minimum atomic E-state index is 0. The minimum absolute atomic E-state index is 0. The van der Waals surface area contributed by atoms with E-state index in [2.05, 4.69) is 6.92 Å². The number of amidine groups is 1. The normalized spacial score (nSPS) is 9.31. The Morgan fingerprint density at radius 2 is 1.88 bits per heavy atom. The largest absolute Gasteiger partial charge is 0.494 e. The third-order valence-corrected chi connectivity index (χ3v) is 2.18. The number of nitrogens with one attached hydrogen (secondary N) is 1. The van der Waals surface area contributed by atoms with Crippen molar-refractivity contribution < 1.29 is 4.74 Å². The zero-order valence-electron chi connectivity index (χ0n) is 9.53. The van der Waals surface area contributed by atoms with E-state index in [-0.39, 0.29) is 18.2 Å². The standard InChI is InChI=1S/C12H18N2O.ClH/c1-2-3-4-9-15-11-7-5-10(6-8-11)12(13)14;/h5-8H,2-4,9H2,1H3,(H3,13,14);1H. The SMILES string of the molecule is CCCCCOc1ccc(C(=N)N)cc1.Cl. The van der Waals surface area contributed by atoms with Crippen molar-refractivity contribution in [3.05, 3.63) is 29.8 Å². The number of ether oxygens (including phenoxy) is 1. The van der Waals surface area contributed by atoms with Gasteiger partial charge in [-0.25, -0.2) is 0 Å². The molecule has 1 aromatic rings. The molecule has 0 saturated carbocycles. The highest BCUT2D eigenvalue weighted by Gasteiger charge is 1.97. The van der Waals surface area contributed by atoms with Crippen LogP contribution in [0.4, 0.5) is 0 Å². The number of hydrogen-bond acceptors (Lipinski definition) is 2. The Balaban J connectivity index is 0.00000225. The minimum Gasteiger partial charge on any atom is -0.494 e. The first-order chi connectivity index (χ1) is 7.24. The van der Waals surface area contributed by atoms with Gasteiger partial charge in [-0.05, 0) is 30.7 Å². The lowest BCUT2D eigenvalue weighted by atomic mass is 10.2. The third kappa shape index (κ3) is 5.03. The molecule has 0 unspecified atom stereocenters. The molecule has 1 aromatic carbocycles. The summed E-state index contributed by atoms with van der Waals surface area (Å²) in [6.07, 6.45) is 3.49. The molecule has 0 heterocycles. The first-order valence-corrected chi connectivity index (χ1v) is 5.31. The zero-order chi connectivity index (χ0) is 11.1. The molecule has 0 aliphatic rings. The van der Waals surface area contributed by atoms with E-state index in [0.29, 0.717) is 0 Å². The van der Waals surface area contributed by atoms with Crippen LogP contribution in [0, 0.1) is 5.41 Å². The van der Waals surface area contributed by atoms with Crippen molar-refractivity contribution >= 4 is 18.2 Å². The van der Waals surface area contributed by atoms with Gasteiger partial charge in [0.1, 0.15) is 11.6 Å². The highest BCUT2D eigenvalue weighted by Crippen LogP contribution is 2.12. The summed E-state index contributed by atoms with van der Waals surface area (Å²) >= 11 is 0. The Labute approximate surface area is 103 Å². The second kappa shape index (κ2) is 7.99. The predicted molar refractivity (Wildman–Crippen MR) is 69.7 cm³/mol. The molecule has 0 aliphatic carbocycles. The number of halogens is 1. The van der Waals surface area contributed by atoms with Gasteiger partial charge in [-0.1, -0.05) is 19.8 Å². The molecule has 3 nitrogen and oxygen atoms in total. The molecule has 0 saturated heterocycles. The molecule has 0 radical (unpaired) electrons. The van der Waals surface area contributed by atoms with Crippen LogP contribution in [-0.4, -0.2) is 12.4 Å². The van der Waals surface area contributed by atoms with Crippen LogP contribution in [0.1, 0.15) is 31.7 Å². The summed E-state index contributed by atoms with van der Waals surface area (Å²) in [7, 11) is 0. The molecule has 0 fully saturated rings. The summed E-state index contributed by atoms with van der Waals surface area (Å²) in [5.74, 6) is 0.934. The van der Waals surface area contributed by atoms with E-state index >= 15 is 0 Å². The predicted octanol–water partition coefficient (Wildman–Crippen LogP) is 2.96. The molecule has 0 aliphatic heterocycles. The van der Waals surface area contributed by atoms with Crippen LogP contribution in [0.5, 0.6) is 5.75 Å². The number of nitrogen functional groups attached to an aromatic ring is 1. The molecule has 4 heteroatoms. The maximum absolute atomic E-state index is 7.24. The van der Waals surface area contributed by atoms with Gasteiger partial charge < -0.3 is 10.5 Å². The lowest BCUT2D eigenvalue weighted by molar-refractivity contribution is 0.306. The summed E-state index contributed by atoms with van der Waals surface area (Å²) < 4.78 is 5.53. The maximum Gasteiger partial charge on any atom is 0.122 e. The highest BCUT2D eigenvalue weighted by atomic mass is 35.5. The van der Waals surface area contributed by atoms with Gasteiger partial charge in [-0.2, -0.15) is 0 Å². The van der Waals surface area contributed by atoms with E-state index in [1.54, 1.807) is 12.1 Å². The fraction of sp³-hybridized carbons (Fsp3) is 0.417. The highest BCUT2D eigenvalue weighted by molar-refractivity contribution is 5.94. The van der Waals surface area contributed by atoms with E-state index in [0.717, 1.165) is 24.3 Å². The van der Waals surface area contributed by atoms with E-state index < -0.39 is 0 Å². The molecule has 0 spiro atoms. The summed E-state index contributed by atoms with van der Waals surface area (Å²) in [6, 6.07) is 7.31. The van der Waals surface area contributed by atoms with Crippen molar-refractivity contribution in [3.8, 4) is 5.75 Å². The van der Waals surface area contributed by atoms with Crippen molar-refractivity contribution in [1.82, 2.24) is 0 Å². The molecule has 0 atom stereocenters. The Morgan fingerprint density at radius 3 is 2.38 bits per heavy atom. The average molecular weight is 243 g/mol. The first kappa shape index (κ1) is 14.8. The average Bonchev–Trinajstić information content (AvgIpc) is 2.25. The van der Waals surface area contributed by atoms with Gasteiger partial charge in [0.05, 0.1) is 6.61 Å². The van der Waals surface area contributed by atoms with Gasteiger partial charge in [0.2, 0.25) is 0 Å². The molecule has 0 bridgehead atoms. The number of benzene rings is 1. The Bertz CT molecular complexity index is 311. The quantitative estimate of drug-likeness (QED) is 0.458. The van der Waals surface area contributed by atoms with Crippen LogP contribution in [0.2, 0.25) is 0 Å². The van der Waals surface area contributed by atoms with Crippen molar-refractivity contribution in [2.75, 3.05) is 6.61 Å². The van der Waals surface area contributed by atoms with Gasteiger partial charge in [0.25, 0.3) is 0 Å². The number of nitrogens with two attached hydrogens (primary N) is 1. The van der Waals surface area contributed by atoms with Crippen LogP contribution < -0.4 is 10.5 Å². The van der Waals surface area contributed by atoms with Crippen molar-refractivity contribution in [2.45, 2.75) is 26.2 Å². The molecule has 90 valence electrons. The second-order valence-electron chi connectivity index (χ2n) is 3.49. The Hall–Kier alpha value is -1.22. The molecule has 1 rings (SSSR count). The summed E-state index contributed by atoms with van der Waals surface area (Å²) in [5.41, 5.74) is 6.08. The molecular weight excluding hydrogens is 224 g/mol. The van der Waals surface area contributed by atoms with Crippen LogP contribution >= 0.6 is 12.4 Å². The van der Waals surface area contributed by atoms with Gasteiger partial charge in [-0.15, -0.1) is 12.4 Å². The smallest absolute Gasteiger partial charge is 0.122 e. The maximum atomic E-state index is 7.24. The van der Waals surface area contributed by atoms with Gasteiger partial charge in [0, 0.05) is 5.56 Å². The van der Waals surface area contributed by atoms with Crippen LogP contribution in [0.25, 0.3) is 0 Å². The van der Waals surface area contributed by atoms with Crippen LogP contribution in [0.3, 0.4) is 0 Å². The topological polar surface area (TPSA) is 59.1 Å². The van der Waals surface area contributed by atoms with Gasteiger partial charge >= 0.3 is 0 Å². The van der Waals surface area contributed by atoms with E-state index in [1.165, 1.54) is 12.8 Å². The molecular formula is C12H19ClN2O. The van der Waals surface area contributed by atoms with E-state index in [9.17, 15) is 0 Å². The number of rotatable bonds is 6. The number of hydrogen-bond donors (Lipinski definition) is 2. The van der Waals surface area contributed by atoms with E-state index in [1.807, 2.05) is 12.1 Å². The molecule has 16 heavy (non-hydrogen) atoms. The number of unbranched alkanes of at least 4 members (excludes halogenated alkanes) is 2. The van der Waals surface area contributed by atoms with Crippen molar-refractivity contribution in [3.63, 3.8) is 0 Å². The summed E-state index contributed by atoms with van der Waals surface area (Å²) in [6.45, 7) is 2.93. The van der Waals surface area contributed by atoms with Crippen molar-refractivity contribution in [2.24, 2.45) is 5.73 Å². The fourth-order valence-electron chi connectivity index (χ4n) is 1.27. The van der Waals surface area contributed by atoms with Crippen LogP contribution in [-0.2, 0) is 0 Å². The van der Waals surface area contributed by atoms with Gasteiger partial charge in [-0.3, -0.25) is 5.41 Å². The Kier molecular flexibility index (Phi) is 7.38. The first-order valence-electron chi connectivity index (χ1n) is 5.31. The van der Waals surface area contributed by atoms with Crippen LogP contribution in [0.15, 0.2) is 24.3 Å². The lowest BCUT2D eigenvalue weighted by Crippen LogP contribution is -2.10. The summed E-state index contributed by atoms with van der Waals surface area (Å²) in [4.78, 5) is 0. The molecule has 3 N–H and O–H groups in total. The zero-order valence-corrected chi connectivity index (χ0v) is 10.3. The van der Waals surface area contributed by atoms with Gasteiger partial charge in [0.15, 0.2) is 0 Å². The molecule has 0 aromatic heterocycles.